The number of aliphatic imine (C=N–C) groups is 1. The van der Waals surface area contributed by atoms with Gasteiger partial charge in [0.05, 0.1) is 11.8 Å². The molecule has 0 bridgehead atoms. The number of hydrogen-bond acceptors (Lipinski definition) is 3. The van der Waals surface area contributed by atoms with E-state index in [0.29, 0.717) is 24.7 Å². The van der Waals surface area contributed by atoms with E-state index >= 15 is 0 Å². The minimum absolute atomic E-state index is 0.0667. The van der Waals surface area contributed by atoms with Crippen LogP contribution in [0, 0.1) is 17.8 Å². The van der Waals surface area contributed by atoms with Gasteiger partial charge in [-0.1, -0.05) is 19.1 Å². The zero-order chi connectivity index (χ0) is 15.2. The molecule has 0 spiro atoms. The summed E-state index contributed by atoms with van der Waals surface area (Å²) in [5.41, 5.74) is 0.823. The molecule has 2 aliphatic rings. The fourth-order valence-corrected chi connectivity index (χ4v) is 3.27. The molecule has 2 aliphatic carbocycles. The molecule has 2 N–H and O–H groups in total. The molecule has 0 aliphatic heterocycles. The van der Waals surface area contributed by atoms with Crippen molar-refractivity contribution in [2.24, 2.45) is 22.7 Å². The predicted molar refractivity (Wildman–Crippen MR) is 84.9 cm³/mol. The molecule has 0 aromatic carbocycles. The van der Waals surface area contributed by atoms with Gasteiger partial charge < -0.3 is 10.4 Å². The minimum Gasteiger partial charge on any atom is -0.390 e. The van der Waals surface area contributed by atoms with Crippen molar-refractivity contribution >= 4 is 6.72 Å². The molecule has 4 heteroatoms. The maximum atomic E-state index is 13.6. The predicted octanol–water partition coefficient (Wildman–Crippen LogP) is 3.22. The number of allylic oxidation sites excluding steroid dienone is 3. The number of alkyl halides is 1. The number of rotatable bonds is 5. The molecule has 5 atom stereocenters. The molecular formula is C17H27FN2O. The van der Waals surface area contributed by atoms with E-state index in [4.69, 9.17) is 0 Å². The fourth-order valence-electron chi connectivity index (χ4n) is 3.27. The first-order valence-electron chi connectivity index (χ1n) is 7.99. The van der Waals surface area contributed by atoms with E-state index in [2.05, 4.69) is 36.1 Å². The summed E-state index contributed by atoms with van der Waals surface area (Å²) >= 11 is 0. The van der Waals surface area contributed by atoms with Gasteiger partial charge in [0.2, 0.25) is 0 Å². The van der Waals surface area contributed by atoms with Gasteiger partial charge in [-0.25, -0.2) is 4.39 Å². The molecule has 2 rings (SSSR count). The zero-order valence-corrected chi connectivity index (χ0v) is 12.8. The Morgan fingerprint density at radius 2 is 2.19 bits per heavy atom. The van der Waals surface area contributed by atoms with Crippen LogP contribution < -0.4 is 5.32 Å². The van der Waals surface area contributed by atoms with E-state index in [1.165, 1.54) is 0 Å². The van der Waals surface area contributed by atoms with Gasteiger partial charge in [0.1, 0.15) is 6.17 Å². The second kappa shape index (κ2) is 7.74. The Bertz CT molecular complexity index is 408. The topological polar surface area (TPSA) is 44.6 Å². The van der Waals surface area contributed by atoms with E-state index < -0.39 is 12.3 Å². The second-order valence-electron chi connectivity index (χ2n) is 6.41. The highest BCUT2D eigenvalue weighted by Crippen LogP contribution is 2.32. The molecular weight excluding hydrogens is 267 g/mol. The molecule has 0 amide bonds. The van der Waals surface area contributed by atoms with Crippen LogP contribution in [0.25, 0.3) is 0 Å². The summed E-state index contributed by atoms with van der Waals surface area (Å²) in [5.74, 6) is 1.40. The van der Waals surface area contributed by atoms with E-state index in [-0.39, 0.29) is 5.92 Å². The van der Waals surface area contributed by atoms with Gasteiger partial charge >= 0.3 is 0 Å². The number of nitrogens with one attached hydrogen (secondary N) is 1. The first-order valence-corrected chi connectivity index (χ1v) is 7.99. The van der Waals surface area contributed by atoms with Crippen molar-refractivity contribution in [1.82, 2.24) is 5.32 Å². The molecule has 1 unspecified atom stereocenters. The summed E-state index contributed by atoms with van der Waals surface area (Å²) in [6.07, 6.45) is 8.32. The van der Waals surface area contributed by atoms with Crippen molar-refractivity contribution in [3.05, 3.63) is 24.0 Å². The summed E-state index contributed by atoms with van der Waals surface area (Å²) in [5, 5.41) is 12.8. The zero-order valence-electron chi connectivity index (χ0n) is 12.8. The largest absolute Gasteiger partial charge is 0.390 e. The van der Waals surface area contributed by atoms with E-state index in [9.17, 15) is 9.50 Å². The van der Waals surface area contributed by atoms with Gasteiger partial charge in [-0.2, -0.15) is 0 Å². The van der Waals surface area contributed by atoms with E-state index in [0.717, 1.165) is 31.5 Å². The summed E-state index contributed by atoms with van der Waals surface area (Å²) in [7, 11) is 0. The average molecular weight is 294 g/mol. The molecule has 0 saturated heterocycles. The summed E-state index contributed by atoms with van der Waals surface area (Å²) in [6, 6.07) is 0. The number of nitrogens with zero attached hydrogens (tertiary/aromatic N) is 1. The Morgan fingerprint density at radius 3 is 2.86 bits per heavy atom. The standard InChI is InChI=1S/C17H27FN2O/c1-12-5-3-4-6-14(12)10-20-11-16(19-2)13-7-8-17(21)15(18)9-13/h3-4,11-15,17,20-21H,2,5-10H2,1H3/b16-11-/t12?,13-,14+,15-,17-/m0/s1. The highest BCUT2D eigenvalue weighted by molar-refractivity contribution is 5.29. The van der Waals surface area contributed by atoms with Crippen molar-refractivity contribution in [3.63, 3.8) is 0 Å². The Kier molecular flexibility index (Phi) is 5.97. The Morgan fingerprint density at radius 1 is 1.43 bits per heavy atom. The monoisotopic (exact) mass is 294 g/mol. The minimum atomic E-state index is -1.14. The quantitative estimate of drug-likeness (QED) is 0.604. The lowest BCUT2D eigenvalue weighted by atomic mass is 9.84. The first kappa shape index (κ1) is 16.2. The maximum absolute atomic E-state index is 13.6. The van der Waals surface area contributed by atoms with Crippen molar-refractivity contribution in [2.45, 2.75) is 51.3 Å². The van der Waals surface area contributed by atoms with Gasteiger partial charge in [-0.15, -0.1) is 0 Å². The molecule has 1 saturated carbocycles. The van der Waals surface area contributed by atoms with Crippen LogP contribution in [0.2, 0.25) is 0 Å². The van der Waals surface area contributed by atoms with Crippen molar-refractivity contribution in [3.8, 4) is 0 Å². The third-order valence-electron chi connectivity index (χ3n) is 4.89. The molecule has 1 fully saturated rings. The molecule has 3 nitrogen and oxygen atoms in total. The van der Waals surface area contributed by atoms with Crippen molar-refractivity contribution in [1.29, 1.82) is 0 Å². The lowest BCUT2D eigenvalue weighted by Gasteiger charge is -2.29. The number of aliphatic hydroxyl groups excluding tert-OH is 1. The van der Waals surface area contributed by atoms with Gasteiger partial charge in [-0.05, 0) is 50.7 Å². The van der Waals surface area contributed by atoms with Crippen LogP contribution in [0.4, 0.5) is 4.39 Å². The SMILES string of the molecule is C=N/C(=C\NC[C@H]1CC=CCC1C)[C@H]1CC[C@H](O)[C@@H](F)C1. The first-order chi connectivity index (χ1) is 10.1. The van der Waals surface area contributed by atoms with Crippen LogP contribution in [-0.4, -0.2) is 30.6 Å². The van der Waals surface area contributed by atoms with Crippen LogP contribution >= 0.6 is 0 Å². The molecule has 0 radical (unpaired) electrons. The van der Waals surface area contributed by atoms with Crippen LogP contribution in [0.1, 0.15) is 39.0 Å². The van der Waals surface area contributed by atoms with Crippen molar-refractivity contribution < 1.29 is 9.50 Å². The molecule has 0 aromatic heterocycles. The summed E-state index contributed by atoms with van der Waals surface area (Å²) in [6.45, 7) is 6.80. The third-order valence-corrected chi connectivity index (χ3v) is 4.89. The third kappa shape index (κ3) is 4.40. The molecule has 21 heavy (non-hydrogen) atoms. The number of hydrogen-bond donors (Lipinski definition) is 2. The highest BCUT2D eigenvalue weighted by Gasteiger charge is 2.30. The van der Waals surface area contributed by atoms with Gasteiger partial charge in [0, 0.05) is 18.7 Å². The summed E-state index contributed by atoms with van der Waals surface area (Å²) < 4.78 is 13.6. The molecule has 118 valence electrons. The second-order valence-corrected chi connectivity index (χ2v) is 6.41. The normalized spacial score (nSPS) is 37.3. The van der Waals surface area contributed by atoms with Crippen LogP contribution in [0.15, 0.2) is 29.0 Å². The van der Waals surface area contributed by atoms with E-state index in [1.54, 1.807) is 0 Å². The fraction of sp³-hybridized carbons (Fsp3) is 0.706. The number of aliphatic hydroxyl groups is 1. The van der Waals surface area contributed by atoms with Crippen molar-refractivity contribution in [2.75, 3.05) is 6.54 Å². The Hall–Kier alpha value is -1.16. The van der Waals surface area contributed by atoms with Gasteiger partial charge in [-0.3, -0.25) is 4.99 Å². The molecule has 0 heterocycles. The average Bonchev–Trinajstić information content (AvgIpc) is 2.48. The van der Waals surface area contributed by atoms with E-state index in [1.807, 2.05) is 6.20 Å². The lowest BCUT2D eigenvalue weighted by Crippen LogP contribution is -2.31. The van der Waals surface area contributed by atoms with Crippen LogP contribution in [0.3, 0.4) is 0 Å². The smallest absolute Gasteiger partial charge is 0.127 e. The van der Waals surface area contributed by atoms with Gasteiger partial charge in [0.15, 0.2) is 0 Å². The molecule has 0 aromatic rings. The van der Waals surface area contributed by atoms with Gasteiger partial charge in [0.25, 0.3) is 0 Å². The van der Waals surface area contributed by atoms with Crippen LogP contribution in [0.5, 0.6) is 0 Å². The summed E-state index contributed by atoms with van der Waals surface area (Å²) in [4.78, 5) is 4.06. The van der Waals surface area contributed by atoms with Crippen LogP contribution in [-0.2, 0) is 0 Å². The Labute approximate surface area is 127 Å². The lowest BCUT2D eigenvalue weighted by molar-refractivity contribution is 0.0304. The Balaban J connectivity index is 1.85. The highest BCUT2D eigenvalue weighted by atomic mass is 19.1. The number of halogens is 1. The maximum Gasteiger partial charge on any atom is 0.127 e.